The van der Waals surface area contributed by atoms with Crippen molar-refractivity contribution in [3.05, 3.63) is 11.6 Å². The fourth-order valence-electron chi connectivity index (χ4n) is 10.3. The molecule has 0 amide bonds. The molecule has 4 aliphatic carbocycles. The number of methoxy groups -OCH3 is 1. The number of carbonyl (C=O) groups excluding carboxylic acids is 1. The number of ketones is 1. The van der Waals surface area contributed by atoms with Crippen molar-refractivity contribution in [3.8, 4) is 0 Å². The summed E-state index contributed by atoms with van der Waals surface area (Å²) in [5.41, 5.74) is 1.57. The van der Waals surface area contributed by atoms with Gasteiger partial charge < -0.3 is 14.6 Å². The van der Waals surface area contributed by atoms with E-state index in [1.54, 1.807) is 5.57 Å². The van der Waals surface area contributed by atoms with E-state index in [0.29, 0.717) is 30.0 Å². The SMILES string of the molecule is CO[C@H]1C=C2[C@H](CC[C@@]3(C)[C@@H]([C@H](C)C[C@@H](O)[C@@H]4OC4(C)C)CC[C@]23C)[C@@]2(C)CCC(=O)C(C)(C)C12. The molecular weight excluding hydrogens is 436 g/mol. The Morgan fingerprint density at radius 1 is 1.09 bits per heavy atom. The highest BCUT2D eigenvalue weighted by Crippen LogP contribution is 2.73. The van der Waals surface area contributed by atoms with Crippen molar-refractivity contribution >= 4 is 5.78 Å². The number of carbonyl (C=O) groups is 1. The number of hydrogen-bond acceptors (Lipinski definition) is 4. The maximum absolute atomic E-state index is 13.0. The summed E-state index contributed by atoms with van der Waals surface area (Å²) in [6.45, 7) is 18.4. The number of aliphatic hydroxyl groups is 1. The van der Waals surface area contributed by atoms with Crippen molar-refractivity contribution in [3.63, 3.8) is 0 Å². The first kappa shape index (κ1) is 25.9. The Kier molecular flexibility index (Phi) is 5.85. The molecule has 3 saturated carbocycles. The van der Waals surface area contributed by atoms with Gasteiger partial charge >= 0.3 is 0 Å². The molecule has 1 aliphatic heterocycles. The molecule has 0 spiro atoms. The third-order valence-corrected chi connectivity index (χ3v) is 12.5. The van der Waals surface area contributed by atoms with Gasteiger partial charge in [0.15, 0.2) is 0 Å². The first-order chi connectivity index (χ1) is 16.1. The van der Waals surface area contributed by atoms with Crippen LogP contribution in [0.4, 0.5) is 0 Å². The van der Waals surface area contributed by atoms with Crippen LogP contribution in [-0.2, 0) is 14.3 Å². The van der Waals surface area contributed by atoms with Crippen molar-refractivity contribution in [2.75, 3.05) is 7.11 Å². The second-order valence-electron chi connectivity index (χ2n) is 14.9. The molecule has 4 heteroatoms. The van der Waals surface area contributed by atoms with Gasteiger partial charge in [-0.25, -0.2) is 0 Å². The summed E-state index contributed by atoms with van der Waals surface area (Å²) in [7, 11) is 1.84. The summed E-state index contributed by atoms with van der Waals surface area (Å²) in [4.78, 5) is 13.0. The monoisotopic (exact) mass is 486 g/mol. The normalized spacial score (nSPS) is 49.4. The summed E-state index contributed by atoms with van der Waals surface area (Å²) in [5.74, 6) is 2.23. The Balaban J connectivity index is 1.46. The lowest BCUT2D eigenvalue weighted by molar-refractivity contribution is -0.159. The van der Waals surface area contributed by atoms with E-state index in [0.717, 1.165) is 12.8 Å². The Morgan fingerprint density at radius 3 is 2.34 bits per heavy atom. The lowest BCUT2D eigenvalue weighted by Gasteiger charge is -2.64. The summed E-state index contributed by atoms with van der Waals surface area (Å²) < 4.78 is 12.0. The minimum Gasteiger partial charge on any atom is -0.390 e. The van der Waals surface area contributed by atoms with Gasteiger partial charge in [-0.2, -0.15) is 0 Å². The first-order valence-electron chi connectivity index (χ1n) is 14.3. The fourth-order valence-corrected chi connectivity index (χ4v) is 10.3. The van der Waals surface area contributed by atoms with Crippen molar-refractivity contribution < 1.29 is 19.4 Å². The van der Waals surface area contributed by atoms with Crippen LogP contribution < -0.4 is 0 Å². The zero-order valence-electron chi connectivity index (χ0n) is 23.7. The molecule has 0 aromatic rings. The second kappa shape index (κ2) is 7.90. The fraction of sp³-hybridized carbons (Fsp3) is 0.903. The number of allylic oxidation sites excluding steroid dienone is 1. The molecule has 4 nitrogen and oxygen atoms in total. The van der Waals surface area contributed by atoms with Crippen molar-refractivity contribution in [1.82, 2.24) is 0 Å². The molecule has 0 aromatic heterocycles. The molecule has 35 heavy (non-hydrogen) atoms. The number of Topliss-reactive ketones (excluding diaryl/α,β-unsaturated/α-hetero) is 1. The third-order valence-electron chi connectivity index (χ3n) is 12.5. The molecule has 4 fully saturated rings. The van der Waals surface area contributed by atoms with E-state index in [1.807, 2.05) is 7.11 Å². The quantitative estimate of drug-likeness (QED) is 0.363. The van der Waals surface area contributed by atoms with Crippen LogP contribution in [0.3, 0.4) is 0 Å². The summed E-state index contributed by atoms with van der Waals surface area (Å²) in [5, 5.41) is 10.9. The molecule has 0 radical (unpaired) electrons. The van der Waals surface area contributed by atoms with Gasteiger partial charge in [0.1, 0.15) is 11.9 Å². The van der Waals surface area contributed by atoms with Gasteiger partial charge in [-0.05, 0) is 86.4 Å². The summed E-state index contributed by atoms with van der Waals surface area (Å²) >= 11 is 0. The standard InChI is InChI=1S/C31H50O4/c1-18(16-22(32)26-28(4,5)35-26)19-10-14-31(8)21-17-23(34-9)25-27(2,3)24(33)12-13-29(25,6)20(21)11-15-30(19,31)7/h17-20,22-23,25-26,32H,10-16H2,1-9H3/t18-,19-,20+,22-,23+,25?,26+,29-,30+,31-/m1/s1. The van der Waals surface area contributed by atoms with Crippen molar-refractivity contribution in [2.24, 2.45) is 45.3 Å². The van der Waals surface area contributed by atoms with Crippen LogP contribution in [0.25, 0.3) is 0 Å². The van der Waals surface area contributed by atoms with Gasteiger partial charge in [0.05, 0.1) is 17.8 Å². The molecule has 10 atom stereocenters. The predicted octanol–water partition coefficient (Wildman–Crippen LogP) is 6.35. The van der Waals surface area contributed by atoms with E-state index < -0.39 is 0 Å². The van der Waals surface area contributed by atoms with E-state index in [9.17, 15) is 9.90 Å². The number of ether oxygens (including phenoxy) is 2. The zero-order valence-corrected chi connectivity index (χ0v) is 23.7. The van der Waals surface area contributed by atoms with E-state index in [1.165, 1.54) is 25.7 Å². The third kappa shape index (κ3) is 3.44. The molecule has 0 aromatic carbocycles. The van der Waals surface area contributed by atoms with Crippen molar-refractivity contribution in [2.45, 2.75) is 124 Å². The van der Waals surface area contributed by atoms with Crippen LogP contribution in [0.1, 0.15) is 100 Å². The van der Waals surface area contributed by atoms with Gasteiger partial charge in [0, 0.05) is 24.9 Å². The van der Waals surface area contributed by atoms with Crippen LogP contribution >= 0.6 is 0 Å². The highest BCUT2D eigenvalue weighted by Gasteiger charge is 2.67. The summed E-state index contributed by atoms with van der Waals surface area (Å²) in [6, 6.07) is 0. The van der Waals surface area contributed by atoms with Gasteiger partial charge in [-0.1, -0.05) is 53.2 Å². The average Bonchev–Trinajstić information content (AvgIpc) is 3.31. The Labute approximate surface area is 213 Å². The van der Waals surface area contributed by atoms with Crippen LogP contribution in [0.15, 0.2) is 11.6 Å². The van der Waals surface area contributed by atoms with Crippen LogP contribution in [0.2, 0.25) is 0 Å². The maximum atomic E-state index is 13.0. The first-order valence-corrected chi connectivity index (χ1v) is 14.3. The lowest BCUT2D eigenvalue weighted by Crippen LogP contribution is -2.61. The average molecular weight is 487 g/mol. The molecule has 1 N–H and O–H groups in total. The molecule has 198 valence electrons. The number of epoxide rings is 1. The molecule has 0 bridgehead atoms. The van der Waals surface area contributed by atoms with Crippen LogP contribution in [0.5, 0.6) is 0 Å². The highest BCUT2D eigenvalue weighted by atomic mass is 16.6. The molecule has 1 saturated heterocycles. The van der Waals surface area contributed by atoms with Crippen molar-refractivity contribution in [1.29, 1.82) is 0 Å². The Hall–Kier alpha value is -0.710. The van der Waals surface area contributed by atoms with Gasteiger partial charge in [-0.3, -0.25) is 4.79 Å². The minimum absolute atomic E-state index is 0.00258. The van der Waals surface area contributed by atoms with Crippen LogP contribution in [0, 0.1) is 45.3 Å². The molecular formula is C31H50O4. The van der Waals surface area contributed by atoms with Gasteiger partial charge in [-0.15, -0.1) is 0 Å². The molecule has 5 aliphatic rings. The Bertz CT molecular complexity index is 919. The number of fused-ring (bicyclic) bond motifs is 5. The number of rotatable bonds is 5. The van der Waals surface area contributed by atoms with Crippen LogP contribution in [-0.4, -0.2) is 41.9 Å². The smallest absolute Gasteiger partial charge is 0.138 e. The summed E-state index contributed by atoms with van der Waals surface area (Å²) in [6.07, 6.45) is 9.47. The molecule has 1 unspecified atom stereocenters. The lowest BCUT2D eigenvalue weighted by atomic mass is 9.40. The maximum Gasteiger partial charge on any atom is 0.138 e. The molecule has 5 rings (SSSR count). The predicted molar refractivity (Wildman–Crippen MR) is 139 cm³/mol. The van der Waals surface area contributed by atoms with E-state index in [2.05, 4.69) is 61.5 Å². The zero-order chi connectivity index (χ0) is 25.8. The second-order valence-corrected chi connectivity index (χ2v) is 14.9. The van der Waals surface area contributed by atoms with E-state index in [4.69, 9.17) is 9.47 Å². The topological polar surface area (TPSA) is 59.1 Å². The minimum atomic E-state index is -0.375. The Morgan fingerprint density at radius 2 is 1.74 bits per heavy atom. The largest absolute Gasteiger partial charge is 0.390 e. The van der Waals surface area contributed by atoms with Gasteiger partial charge in [0.25, 0.3) is 0 Å². The number of hydrogen-bond donors (Lipinski definition) is 1. The number of aliphatic hydroxyl groups excluding tert-OH is 1. The van der Waals surface area contributed by atoms with E-state index in [-0.39, 0.29) is 51.5 Å². The molecule has 1 heterocycles. The highest BCUT2D eigenvalue weighted by molar-refractivity contribution is 5.85. The van der Waals surface area contributed by atoms with E-state index >= 15 is 0 Å². The van der Waals surface area contributed by atoms with Gasteiger partial charge in [0.2, 0.25) is 0 Å².